The third kappa shape index (κ3) is 4.67. The van der Waals surface area contributed by atoms with E-state index in [-0.39, 0.29) is 18.2 Å². The van der Waals surface area contributed by atoms with Gasteiger partial charge in [0.2, 0.25) is 0 Å². The van der Waals surface area contributed by atoms with E-state index in [2.05, 4.69) is 30.7 Å². The maximum Gasteiger partial charge on any atom is 0.339 e. The van der Waals surface area contributed by atoms with Crippen LogP contribution in [0.5, 0.6) is 0 Å². The second-order valence-corrected chi connectivity index (χ2v) is 6.48. The minimum absolute atomic E-state index is 0.215. The largest absolute Gasteiger partial charge is 0.465 e. The molecule has 0 aromatic carbocycles. The second-order valence-electron chi connectivity index (χ2n) is 6.48. The standard InChI is InChI=1S/C18H28N2O3/c1-5-6-7-15-11-20(12-16(23-15)13(2)3)17-9-8-14(10-19-17)18(21)22-4/h8-10,13,15-16H,5-7,11-12H2,1-4H3/t15-,16-/m1/s1. The average molecular weight is 320 g/mol. The Balaban J connectivity index is 2.10. The summed E-state index contributed by atoms with van der Waals surface area (Å²) in [5.41, 5.74) is 0.479. The molecular formula is C18H28N2O3. The van der Waals surface area contributed by atoms with Crippen LogP contribution in [0.15, 0.2) is 18.3 Å². The number of carbonyl (C=O) groups excluding carboxylic acids is 1. The summed E-state index contributed by atoms with van der Waals surface area (Å²) in [6.45, 7) is 8.28. The van der Waals surface area contributed by atoms with Crippen molar-refractivity contribution in [2.45, 2.75) is 52.2 Å². The highest BCUT2D eigenvalue weighted by Crippen LogP contribution is 2.24. The summed E-state index contributed by atoms with van der Waals surface area (Å²) in [6, 6.07) is 3.67. The number of anilines is 1. The van der Waals surface area contributed by atoms with E-state index < -0.39 is 0 Å². The van der Waals surface area contributed by atoms with Crippen LogP contribution in [0.25, 0.3) is 0 Å². The quantitative estimate of drug-likeness (QED) is 0.753. The Hall–Kier alpha value is -1.62. The van der Waals surface area contributed by atoms with Crippen LogP contribution in [-0.2, 0) is 9.47 Å². The molecule has 0 radical (unpaired) electrons. The lowest BCUT2D eigenvalue weighted by atomic mass is 10.0. The first kappa shape index (κ1) is 17.7. The maximum absolute atomic E-state index is 11.5. The number of pyridine rings is 1. The predicted molar refractivity (Wildman–Crippen MR) is 90.8 cm³/mol. The molecule has 2 heterocycles. The van der Waals surface area contributed by atoms with Gasteiger partial charge in [-0.25, -0.2) is 9.78 Å². The van der Waals surface area contributed by atoms with Crippen LogP contribution < -0.4 is 4.90 Å². The fraction of sp³-hybridized carbons (Fsp3) is 0.667. The molecule has 1 aromatic rings. The Morgan fingerprint density at radius 3 is 2.78 bits per heavy atom. The van der Waals surface area contributed by atoms with Crippen molar-refractivity contribution in [3.8, 4) is 0 Å². The smallest absolute Gasteiger partial charge is 0.339 e. The molecule has 0 saturated carbocycles. The highest BCUT2D eigenvalue weighted by atomic mass is 16.5. The number of carbonyl (C=O) groups is 1. The van der Waals surface area contributed by atoms with E-state index in [9.17, 15) is 4.79 Å². The molecule has 2 rings (SSSR count). The monoisotopic (exact) mass is 320 g/mol. The zero-order chi connectivity index (χ0) is 16.8. The molecule has 23 heavy (non-hydrogen) atoms. The van der Waals surface area contributed by atoms with Gasteiger partial charge in [-0.2, -0.15) is 0 Å². The molecule has 1 saturated heterocycles. The van der Waals surface area contributed by atoms with Crippen LogP contribution in [0.4, 0.5) is 5.82 Å². The fourth-order valence-corrected chi connectivity index (χ4v) is 2.83. The molecule has 0 aliphatic carbocycles. The number of aromatic nitrogens is 1. The summed E-state index contributed by atoms with van der Waals surface area (Å²) < 4.78 is 11.0. The van der Waals surface area contributed by atoms with Crippen molar-refractivity contribution in [3.05, 3.63) is 23.9 Å². The number of nitrogens with zero attached hydrogens (tertiary/aromatic N) is 2. The molecule has 1 aliphatic heterocycles. The van der Waals surface area contributed by atoms with Crippen molar-refractivity contribution < 1.29 is 14.3 Å². The molecular weight excluding hydrogens is 292 g/mol. The second kappa shape index (κ2) is 8.29. The molecule has 2 atom stereocenters. The Morgan fingerprint density at radius 1 is 1.43 bits per heavy atom. The van der Waals surface area contributed by atoms with Crippen molar-refractivity contribution in [1.29, 1.82) is 0 Å². The Morgan fingerprint density at radius 2 is 2.22 bits per heavy atom. The number of unbranched alkanes of at least 4 members (excludes halogenated alkanes) is 1. The van der Waals surface area contributed by atoms with E-state index in [4.69, 9.17) is 9.47 Å². The minimum Gasteiger partial charge on any atom is -0.465 e. The van der Waals surface area contributed by atoms with Crippen molar-refractivity contribution in [1.82, 2.24) is 4.98 Å². The van der Waals surface area contributed by atoms with Crippen LogP contribution in [0.3, 0.4) is 0 Å². The molecule has 1 aliphatic rings. The summed E-state index contributed by atoms with van der Waals surface area (Å²) in [4.78, 5) is 18.2. The number of morpholine rings is 1. The van der Waals surface area contributed by atoms with Gasteiger partial charge in [0.1, 0.15) is 5.82 Å². The van der Waals surface area contributed by atoms with E-state index >= 15 is 0 Å². The average Bonchev–Trinajstić information content (AvgIpc) is 2.59. The number of esters is 1. The molecule has 5 nitrogen and oxygen atoms in total. The lowest BCUT2D eigenvalue weighted by molar-refractivity contribution is -0.0521. The van der Waals surface area contributed by atoms with E-state index in [1.807, 2.05) is 6.07 Å². The Bertz CT molecular complexity index is 501. The predicted octanol–water partition coefficient (Wildman–Crippen LogP) is 3.29. The van der Waals surface area contributed by atoms with Gasteiger partial charge < -0.3 is 14.4 Å². The van der Waals surface area contributed by atoms with Crippen molar-refractivity contribution in [2.24, 2.45) is 5.92 Å². The third-order valence-corrected chi connectivity index (χ3v) is 4.31. The van der Waals surface area contributed by atoms with Crippen LogP contribution in [0, 0.1) is 5.92 Å². The number of methoxy groups -OCH3 is 1. The van der Waals surface area contributed by atoms with Gasteiger partial charge in [0, 0.05) is 19.3 Å². The van der Waals surface area contributed by atoms with Crippen molar-refractivity contribution in [3.63, 3.8) is 0 Å². The van der Waals surface area contributed by atoms with Gasteiger partial charge in [0.15, 0.2) is 0 Å². The summed E-state index contributed by atoms with van der Waals surface area (Å²) in [6.07, 6.45) is 5.49. The summed E-state index contributed by atoms with van der Waals surface area (Å²) in [5, 5.41) is 0. The van der Waals surface area contributed by atoms with Gasteiger partial charge in [-0.05, 0) is 24.5 Å². The molecule has 0 amide bonds. The molecule has 0 N–H and O–H groups in total. The minimum atomic E-state index is -0.355. The highest BCUT2D eigenvalue weighted by Gasteiger charge is 2.30. The maximum atomic E-state index is 11.5. The summed E-state index contributed by atoms with van der Waals surface area (Å²) in [7, 11) is 1.38. The first-order valence-electron chi connectivity index (χ1n) is 8.50. The molecule has 1 aromatic heterocycles. The zero-order valence-corrected chi connectivity index (χ0v) is 14.6. The number of rotatable bonds is 6. The van der Waals surface area contributed by atoms with Gasteiger partial charge >= 0.3 is 5.97 Å². The lowest BCUT2D eigenvalue weighted by Gasteiger charge is -2.40. The molecule has 0 spiro atoms. The van der Waals surface area contributed by atoms with Crippen LogP contribution >= 0.6 is 0 Å². The molecule has 128 valence electrons. The zero-order valence-electron chi connectivity index (χ0n) is 14.6. The summed E-state index contributed by atoms with van der Waals surface area (Å²) >= 11 is 0. The molecule has 0 unspecified atom stereocenters. The Labute approximate surface area is 139 Å². The van der Waals surface area contributed by atoms with Gasteiger partial charge in [0.25, 0.3) is 0 Å². The van der Waals surface area contributed by atoms with Crippen LogP contribution in [0.1, 0.15) is 50.4 Å². The van der Waals surface area contributed by atoms with E-state index in [0.29, 0.717) is 11.5 Å². The fourth-order valence-electron chi connectivity index (χ4n) is 2.83. The first-order chi connectivity index (χ1) is 11.0. The number of hydrogen-bond donors (Lipinski definition) is 0. The van der Waals surface area contributed by atoms with Crippen molar-refractivity contribution in [2.75, 3.05) is 25.1 Å². The van der Waals surface area contributed by atoms with E-state index in [0.717, 1.165) is 25.3 Å². The molecule has 5 heteroatoms. The van der Waals surface area contributed by atoms with E-state index in [1.54, 1.807) is 12.3 Å². The Kier molecular flexibility index (Phi) is 6.39. The highest BCUT2D eigenvalue weighted by molar-refractivity contribution is 5.89. The topological polar surface area (TPSA) is 51.7 Å². The van der Waals surface area contributed by atoms with E-state index in [1.165, 1.54) is 20.0 Å². The summed E-state index contributed by atoms with van der Waals surface area (Å²) in [5.74, 6) is 1.01. The number of hydrogen-bond acceptors (Lipinski definition) is 5. The lowest BCUT2D eigenvalue weighted by Crippen LogP contribution is -2.49. The van der Waals surface area contributed by atoms with Gasteiger partial charge in [-0.15, -0.1) is 0 Å². The van der Waals surface area contributed by atoms with Gasteiger partial charge in [-0.3, -0.25) is 0 Å². The van der Waals surface area contributed by atoms with Gasteiger partial charge in [0.05, 0.1) is 24.9 Å². The van der Waals surface area contributed by atoms with Crippen molar-refractivity contribution >= 4 is 11.8 Å². The molecule has 1 fully saturated rings. The van der Waals surface area contributed by atoms with Crippen LogP contribution in [0.2, 0.25) is 0 Å². The van der Waals surface area contributed by atoms with Crippen LogP contribution in [-0.4, -0.2) is 43.4 Å². The molecule has 0 bridgehead atoms. The van der Waals surface area contributed by atoms with Gasteiger partial charge in [-0.1, -0.05) is 33.6 Å². The third-order valence-electron chi connectivity index (χ3n) is 4.31. The SMILES string of the molecule is CCCC[C@@H]1CN(c2ccc(C(=O)OC)cn2)C[C@H](C(C)C)O1. The first-order valence-corrected chi connectivity index (χ1v) is 8.50. The normalized spacial score (nSPS) is 21.5. The number of ether oxygens (including phenoxy) is 2.